The molecular weight excluding hydrogens is 150 g/mol. The Bertz CT molecular complexity index is 158. The lowest BCUT2D eigenvalue weighted by Gasteiger charge is -2.25. The van der Waals surface area contributed by atoms with Gasteiger partial charge in [0.05, 0.1) is 6.07 Å². The molecule has 1 aliphatic carbocycles. The highest BCUT2D eigenvalue weighted by molar-refractivity contribution is 4.82. The van der Waals surface area contributed by atoms with Gasteiger partial charge in [-0.3, -0.25) is 0 Å². The van der Waals surface area contributed by atoms with Crippen molar-refractivity contribution in [3.63, 3.8) is 0 Å². The van der Waals surface area contributed by atoms with E-state index in [4.69, 9.17) is 10.00 Å². The molecule has 0 aliphatic heterocycles. The number of nitrogens with zero attached hydrogens (tertiary/aromatic N) is 1. The fourth-order valence-corrected chi connectivity index (χ4v) is 1.40. The average molecular weight is 167 g/mol. The van der Waals surface area contributed by atoms with Crippen molar-refractivity contribution in [2.45, 2.75) is 45.1 Å². The molecule has 12 heavy (non-hydrogen) atoms. The van der Waals surface area contributed by atoms with E-state index < -0.39 is 0 Å². The van der Waals surface area contributed by atoms with Crippen LogP contribution < -0.4 is 0 Å². The minimum absolute atomic E-state index is 0.176. The van der Waals surface area contributed by atoms with Crippen LogP contribution in [0.3, 0.4) is 0 Å². The Kier molecular flexibility index (Phi) is 4.10. The van der Waals surface area contributed by atoms with Crippen molar-refractivity contribution < 1.29 is 4.74 Å². The Hall–Kier alpha value is -0.550. The molecule has 1 rings (SSSR count). The summed E-state index contributed by atoms with van der Waals surface area (Å²) in [5, 5.41) is 8.59. The van der Waals surface area contributed by atoms with Crippen LogP contribution >= 0.6 is 0 Å². The van der Waals surface area contributed by atoms with E-state index in [-0.39, 0.29) is 6.10 Å². The lowest BCUT2D eigenvalue weighted by atomic mass is 9.83. The molecule has 0 radical (unpaired) electrons. The van der Waals surface area contributed by atoms with Gasteiger partial charge in [0.15, 0.2) is 0 Å². The molecule has 1 unspecified atom stereocenters. The molecule has 1 saturated carbocycles. The summed E-state index contributed by atoms with van der Waals surface area (Å²) in [6, 6.07) is 2.14. The second kappa shape index (κ2) is 5.16. The quantitative estimate of drug-likeness (QED) is 0.630. The van der Waals surface area contributed by atoms with Crippen LogP contribution in [0.5, 0.6) is 0 Å². The fourth-order valence-electron chi connectivity index (χ4n) is 1.40. The largest absolute Gasteiger partial charge is 0.363 e. The van der Waals surface area contributed by atoms with Gasteiger partial charge in [-0.1, -0.05) is 26.2 Å². The van der Waals surface area contributed by atoms with Crippen molar-refractivity contribution in [3.05, 3.63) is 0 Å². The number of hydrogen-bond donors (Lipinski definition) is 0. The zero-order chi connectivity index (χ0) is 8.81. The topological polar surface area (TPSA) is 33.0 Å². The summed E-state index contributed by atoms with van der Waals surface area (Å²) in [5.74, 6) is 0.890. The first-order valence-corrected chi connectivity index (χ1v) is 4.88. The second-order valence-corrected chi connectivity index (χ2v) is 3.48. The molecule has 2 heteroatoms. The SMILES string of the molecule is CCC(C#N)OCCC1CCC1. The molecule has 1 fully saturated rings. The molecule has 0 aromatic rings. The first kappa shape index (κ1) is 9.54. The highest BCUT2D eigenvalue weighted by Gasteiger charge is 2.17. The molecule has 0 amide bonds. The van der Waals surface area contributed by atoms with Crippen LogP contribution in [0, 0.1) is 17.2 Å². The first-order chi connectivity index (χ1) is 5.86. The molecule has 2 nitrogen and oxygen atoms in total. The van der Waals surface area contributed by atoms with Gasteiger partial charge in [-0.15, -0.1) is 0 Å². The average Bonchev–Trinajstić information content (AvgIpc) is 2.02. The zero-order valence-electron chi connectivity index (χ0n) is 7.75. The number of hydrogen-bond acceptors (Lipinski definition) is 2. The van der Waals surface area contributed by atoms with Crippen molar-refractivity contribution >= 4 is 0 Å². The predicted octanol–water partition coefficient (Wildman–Crippen LogP) is 2.50. The van der Waals surface area contributed by atoms with Gasteiger partial charge in [0, 0.05) is 6.61 Å². The lowest BCUT2D eigenvalue weighted by Crippen LogP contribution is -2.16. The summed E-state index contributed by atoms with van der Waals surface area (Å²) in [6.07, 6.45) is 5.91. The van der Waals surface area contributed by atoms with Gasteiger partial charge in [0.25, 0.3) is 0 Å². The van der Waals surface area contributed by atoms with Gasteiger partial charge in [-0.2, -0.15) is 5.26 Å². The zero-order valence-corrected chi connectivity index (χ0v) is 7.75. The van der Waals surface area contributed by atoms with Crippen molar-refractivity contribution in [2.75, 3.05) is 6.61 Å². The van der Waals surface area contributed by atoms with E-state index in [1.165, 1.54) is 19.3 Å². The summed E-state index contributed by atoms with van der Waals surface area (Å²) < 4.78 is 5.39. The van der Waals surface area contributed by atoms with Crippen LogP contribution in [-0.4, -0.2) is 12.7 Å². The highest BCUT2D eigenvalue weighted by Crippen LogP contribution is 2.29. The second-order valence-electron chi connectivity index (χ2n) is 3.48. The standard InChI is InChI=1S/C10H17NO/c1-2-10(8-11)12-7-6-9-4-3-5-9/h9-10H,2-7H2,1H3. The maximum absolute atomic E-state index is 8.59. The van der Waals surface area contributed by atoms with Gasteiger partial charge in [-0.05, 0) is 18.8 Å². The molecule has 0 heterocycles. The third-order valence-electron chi connectivity index (χ3n) is 2.58. The molecule has 0 bridgehead atoms. The number of ether oxygens (including phenoxy) is 1. The Balaban J connectivity index is 1.97. The van der Waals surface area contributed by atoms with E-state index in [0.29, 0.717) is 0 Å². The fraction of sp³-hybridized carbons (Fsp3) is 0.900. The summed E-state index contributed by atoms with van der Waals surface area (Å²) in [5.41, 5.74) is 0. The predicted molar refractivity (Wildman–Crippen MR) is 47.6 cm³/mol. The highest BCUT2D eigenvalue weighted by atomic mass is 16.5. The monoisotopic (exact) mass is 167 g/mol. The molecule has 0 aromatic heterocycles. The van der Waals surface area contributed by atoms with Crippen molar-refractivity contribution in [1.82, 2.24) is 0 Å². The van der Waals surface area contributed by atoms with Crippen LogP contribution in [0.4, 0.5) is 0 Å². The van der Waals surface area contributed by atoms with E-state index in [0.717, 1.165) is 25.4 Å². The van der Waals surface area contributed by atoms with Crippen LogP contribution in [0.15, 0.2) is 0 Å². The number of rotatable bonds is 5. The minimum Gasteiger partial charge on any atom is -0.363 e. The van der Waals surface area contributed by atoms with Gasteiger partial charge in [0.1, 0.15) is 6.10 Å². The summed E-state index contributed by atoms with van der Waals surface area (Å²) in [4.78, 5) is 0. The van der Waals surface area contributed by atoms with Crippen molar-refractivity contribution in [2.24, 2.45) is 5.92 Å². The van der Waals surface area contributed by atoms with E-state index in [1.807, 2.05) is 6.92 Å². The van der Waals surface area contributed by atoms with E-state index in [9.17, 15) is 0 Å². The third-order valence-corrected chi connectivity index (χ3v) is 2.58. The van der Waals surface area contributed by atoms with Crippen LogP contribution in [0.2, 0.25) is 0 Å². The lowest BCUT2D eigenvalue weighted by molar-refractivity contribution is 0.0679. The Morgan fingerprint density at radius 2 is 2.33 bits per heavy atom. The van der Waals surface area contributed by atoms with E-state index >= 15 is 0 Å². The normalized spacial score (nSPS) is 19.7. The molecule has 0 N–H and O–H groups in total. The van der Waals surface area contributed by atoms with Crippen molar-refractivity contribution in [3.8, 4) is 6.07 Å². The van der Waals surface area contributed by atoms with Gasteiger partial charge >= 0.3 is 0 Å². The smallest absolute Gasteiger partial charge is 0.143 e. The van der Waals surface area contributed by atoms with Crippen molar-refractivity contribution in [1.29, 1.82) is 5.26 Å². The van der Waals surface area contributed by atoms with Gasteiger partial charge in [0.2, 0.25) is 0 Å². The maximum atomic E-state index is 8.59. The van der Waals surface area contributed by atoms with E-state index in [2.05, 4.69) is 6.07 Å². The van der Waals surface area contributed by atoms with Crippen LogP contribution in [0.1, 0.15) is 39.0 Å². The Morgan fingerprint density at radius 3 is 2.75 bits per heavy atom. The molecule has 68 valence electrons. The molecule has 0 saturated heterocycles. The first-order valence-electron chi connectivity index (χ1n) is 4.88. The molecule has 1 atom stereocenters. The maximum Gasteiger partial charge on any atom is 0.143 e. The third kappa shape index (κ3) is 2.83. The summed E-state index contributed by atoms with van der Waals surface area (Å²) in [7, 11) is 0. The molecule has 0 spiro atoms. The van der Waals surface area contributed by atoms with Gasteiger partial charge < -0.3 is 4.74 Å². The molecule has 0 aromatic carbocycles. The van der Waals surface area contributed by atoms with E-state index in [1.54, 1.807) is 0 Å². The van der Waals surface area contributed by atoms with Crippen LogP contribution in [0.25, 0.3) is 0 Å². The molecular formula is C10H17NO. The Morgan fingerprint density at radius 1 is 1.58 bits per heavy atom. The van der Waals surface area contributed by atoms with Crippen LogP contribution in [-0.2, 0) is 4.74 Å². The van der Waals surface area contributed by atoms with Gasteiger partial charge in [-0.25, -0.2) is 0 Å². The summed E-state index contributed by atoms with van der Waals surface area (Å²) >= 11 is 0. The Labute approximate surface area is 74.5 Å². The number of nitriles is 1. The minimum atomic E-state index is -0.176. The molecule has 1 aliphatic rings. The summed E-state index contributed by atoms with van der Waals surface area (Å²) in [6.45, 7) is 2.76.